The molecule has 0 amide bonds. The van der Waals surface area contributed by atoms with E-state index in [0.717, 1.165) is 0 Å². The molecular weight excluding hydrogens is 354 g/mol. The van der Waals surface area contributed by atoms with Crippen LogP contribution in [0.3, 0.4) is 0 Å². The summed E-state index contributed by atoms with van der Waals surface area (Å²) >= 11 is 0. The zero-order valence-electron chi connectivity index (χ0n) is 14.2. The Kier molecular flexibility index (Phi) is 6.40. The van der Waals surface area contributed by atoms with Gasteiger partial charge in [0.2, 0.25) is 0 Å². The molecule has 0 spiro atoms. The first-order valence-electron chi connectivity index (χ1n) is 7.98. The van der Waals surface area contributed by atoms with Crippen LogP contribution in [0.5, 0.6) is 23.0 Å². The molecule has 8 nitrogen and oxygen atoms in total. The maximum absolute atomic E-state index is 11.9. The van der Waals surface area contributed by atoms with E-state index in [-0.39, 0.29) is 35.8 Å². The fourth-order valence-electron chi connectivity index (χ4n) is 2.19. The number of nitrogens with two attached hydrogens (primary N) is 1. The highest BCUT2D eigenvalue weighted by atomic mass is 16.5. The minimum absolute atomic E-state index is 0.0546. The monoisotopic (exact) mass is 373 g/mol. The Morgan fingerprint density at radius 1 is 1.00 bits per heavy atom. The molecule has 0 aliphatic rings. The van der Waals surface area contributed by atoms with E-state index in [1.807, 2.05) is 0 Å². The van der Waals surface area contributed by atoms with Crippen molar-refractivity contribution in [3.8, 4) is 23.0 Å². The maximum Gasteiger partial charge on any atom is 0.328 e. The topological polar surface area (TPSA) is 150 Å². The number of carboxylic acid groups (broad SMARTS) is 1. The Balaban J connectivity index is 2.10. The van der Waals surface area contributed by atoms with E-state index in [1.165, 1.54) is 30.3 Å². The van der Waals surface area contributed by atoms with Crippen LogP contribution >= 0.6 is 0 Å². The summed E-state index contributed by atoms with van der Waals surface area (Å²) in [4.78, 5) is 22.4. The van der Waals surface area contributed by atoms with Gasteiger partial charge in [0, 0.05) is 12.5 Å². The molecule has 2 aromatic carbocycles. The summed E-state index contributed by atoms with van der Waals surface area (Å²) in [5.41, 5.74) is 6.70. The first-order valence-corrected chi connectivity index (χ1v) is 7.98. The van der Waals surface area contributed by atoms with Crippen LogP contribution in [0.25, 0.3) is 12.2 Å². The van der Waals surface area contributed by atoms with E-state index in [2.05, 4.69) is 0 Å². The SMILES string of the molecule is N[C@@H](CCC(=O)O)C(=O)Oc1cc(O)cc(/C=C/c2ccc(O)c(O)c2)c1. The number of aromatic hydroxyl groups is 3. The second-order valence-corrected chi connectivity index (χ2v) is 5.80. The van der Waals surface area contributed by atoms with Crippen LogP contribution in [-0.2, 0) is 9.59 Å². The molecule has 6 N–H and O–H groups in total. The van der Waals surface area contributed by atoms with Gasteiger partial charge in [-0.05, 0) is 41.8 Å². The molecule has 0 aliphatic carbocycles. The van der Waals surface area contributed by atoms with E-state index in [0.29, 0.717) is 11.1 Å². The van der Waals surface area contributed by atoms with Gasteiger partial charge in [-0.15, -0.1) is 0 Å². The number of benzene rings is 2. The largest absolute Gasteiger partial charge is 0.508 e. The lowest BCUT2D eigenvalue weighted by Crippen LogP contribution is -2.34. The molecule has 0 fully saturated rings. The third-order valence-electron chi connectivity index (χ3n) is 3.57. The summed E-state index contributed by atoms with van der Waals surface area (Å²) in [6, 6.07) is 7.32. The van der Waals surface area contributed by atoms with Crippen molar-refractivity contribution in [3.63, 3.8) is 0 Å². The molecule has 8 heteroatoms. The normalized spacial score (nSPS) is 12.0. The van der Waals surface area contributed by atoms with E-state index in [1.54, 1.807) is 18.2 Å². The molecule has 0 saturated carbocycles. The molecule has 2 rings (SSSR count). The van der Waals surface area contributed by atoms with E-state index < -0.39 is 18.0 Å². The molecule has 142 valence electrons. The van der Waals surface area contributed by atoms with Crippen molar-refractivity contribution >= 4 is 24.1 Å². The zero-order chi connectivity index (χ0) is 20.0. The van der Waals surface area contributed by atoms with Crippen molar-refractivity contribution in [2.45, 2.75) is 18.9 Å². The fourth-order valence-corrected chi connectivity index (χ4v) is 2.19. The van der Waals surface area contributed by atoms with E-state index >= 15 is 0 Å². The lowest BCUT2D eigenvalue weighted by Gasteiger charge is -2.11. The van der Waals surface area contributed by atoms with Crippen LogP contribution in [0.15, 0.2) is 36.4 Å². The van der Waals surface area contributed by atoms with Gasteiger partial charge in [0.05, 0.1) is 0 Å². The van der Waals surface area contributed by atoms with Gasteiger partial charge < -0.3 is 30.9 Å². The minimum Gasteiger partial charge on any atom is -0.508 e. The lowest BCUT2D eigenvalue weighted by molar-refractivity contribution is -0.138. The molecule has 0 aliphatic heterocycles. The molecule has 27 heavy (non-hydrogen) atoms. The van der Waals surface area contributed by atoms with Gasteiger partial charge in [0.15, 0.2) is 11.5 Å². The number of carbonyl (C=O) groups excluding carboxylic acids is 1. The summed E-state index contributed by atoms with van der Waals surface area (Å²) in [7, 11) is 0. The average Bonchev–Trinajstić information content (AvgIpc) is 2.60. The fraction of sp³-hybridized carbons (Fsp3) is 0.158. The highest BCUT2D eigenvalue weighted by Crippen LogP contribution is 2.27. The molecule has 1 atom stereocenters. The van der Waals surface area contributed by atoms with Crippen LogP contribution in [-0.4, -0.2) is 38.4 Å². The third-order valence-corrected chi connectivity index (χ3v) is 3.57. The lowest BCUT2D eigenvalue weighted by atomic mass is 10.1. The quantitative estimate of drug-likeness (QED) is 0.214. The Morgan fingerprint density at radius 2 is 1.70 bits per heavy atom. The molecule has 0 saturated heterocycles. The number of carbonyl (C=O) groups is 2. The number of esters is 1. The smallest absolute Gasteiger partial charge is 0.328 e. The predicted molar refractivity (Wildman–Crippen MR) is 97.3 cm³/mol. The molecule has 0 bridgehead atoms. The van der Waals surface area contributed by atoms with Crippen LogP contribution in [0.2, 0.25) is 0 Å². The van der Waals surface area contributed by atoms with Crippen molar-refractivity contribution in [1.82, 2.24) is 0 Å². The summed E-state index contributed by atoms with van der Waals surface area (Å²) in [5, 5.41) is 37.2. The Bertz CT molecular complexity index is 876. The Morgan fingerprint density at radius 3 is 2.37 bits per heavy atom. The number of rotatable bonds is 7. The number of carboxylic acids is 1. The molecule has 0 unspecified atom stereocenters. The Labute approximate surface area is 154 Å². The second kappa shape index (κ2) is 8.72. The van der Waals surface area contributed by atoms with Gasteiger partial charge in [-0.3, -0.25) is 4.79 Å². The maximum atomic E-state index is 11.9. The van der Waals surface area contributed by atoms with Crippen molar-refractivity contribution in [1.29, 1.82) is 0 Å². The summed E-state index contributed by atoms with van der Waals surface area (Å²) in [6.45, 7) is 0. The molecular formula is C19H19NO7. The predicted octanol–water partition coefficient (Wildman–Crippen LogP) is 2.07. The van der Waals surface area contributed by atoms with E-state index in [9.17, 15) is 24.9 Å². The van der Waals surface area contributed by atoms with Crippen LogP contribution in [0, 0.1) is 0 Å². The summed E-state index contributed by atoms with van der Waals surface area (Å²) in [5.74, 6) is -2.47. The highest BCUT2D eigenvalue weighted by Gasteiger charge is 2.17. The molecule has 0 heterocycles. The number of phenols is 3. The van der Waals surface area contributed by atoms with Crippen molar-refractivity contribution in [2.75, 3.05) is 0 Å². The average molecular weight is 373 g/mol. The highest BCUT2D eigenvalue weighted by molar-refractivity contribution is 5.79. The van der Waals surface area contributed by atoms with Crippen molar-refractivity contribution < 1.29 is 34.8 Å². The van der Waals surface area contributed by atoms with Crippen molar-refractivity contribution in [2.24, 2.45) is 5.73 Å². The number of ether oxygens (including phenoxy) is 1. The van der Waals surface area contributed by atoms with Gasteiger partial charge >= 0.3 is 11.9 Å². The third kappa shape index (κ3) is 6.05. The first kappa shape index (κ1) is 19.8. The van der Waals surface area contributed by atoms with Gasteiger partial charge in [0.1, 0.15) is 17.5 Å². The number of aliphatic carboxylic acids is 1. The zero-order valence-corrected chi connectivity index (χ0v) is 14.2. The molecule has 2 aromatic rings. The standard InChI is InChI=1S/C19H19NO7/c20-15(4-6-18(24)25)19(26)27-14-8-12(7-13(21)10-14)2-1-11-3-5-16(22)17(23)9-11/h1-3,5,7-10,15,21-23H,4,6,20H2,(H,24,25)/b2-1+/t15-/m0/s1. The first-order chi connectivity index (χ1) is 12.7. The van der Waals surface area contributed by atoms with Gasteiger partial charge in [0.25, 0.3) is 0 Å². The molecule has 0 aromatic heterocycles. The van der Waals surface area contributed by atoms with E-state index in [4.69, 9.17) is 15.6 Å². The van der Waals surface area contributed by atoms with Gasteiger partial charge in [-0.2, -0.15) is 0 Å². The minimum atomic E-state index is -1.09. The van der Waals surface area contributed by atoms with Crippen LogP contribution < -0.4 is 10.5 Å². The van der Waals surface area contributed by atoms with Gasteiger partial charge in [-0.1, -0.05) is 18.2 Å². The summed E-state index contributed by atoms with van der Waals surface area (Å²) in [6.07, 6.45) is 2.90. The van der Waals surface area contributed by atoms with Crippen LogP contribution in [0.1, 0.15) is 24.0 Å². The van der Waals surface area contributed by atoms with Crippen molar-refractivity contribution in [3.05, 3.63) is 47.5 Å². The Hall–Kier alpha value is -3.52. The number of hydrogen-bond donors (Lipinski definition) is 5. The number of phenolic OH excluding ortho intramolecular Hbond substituents is 3. The number of hydrogen-bond acceptors (Lipinski definition) is 7. The summed E-state index contributed by atoms with van der Waals surface area (Å²) < 4.78 is 5.09. The molecule has 0 radical (unpaired) electrons. The van der Waals surface area contributed by atoms with Gasteiger partial charge in [-0.25, -0.2) is 4.79 Å². The van der Waals surface area contributed by atoms with Crippen LogP contribution in [0.4, 0.5) is 0 Å². The second-order valence-electron chi connectivity index (χ2n) is 5.80.